The molecule has 1 aliphatic rings. The second kappa shape index (κ2) is 5.69. The maximum atomic E-state index is 5.64. The molecule has 3 N–H and O–H groups in total. The van der Waals surface area contributed by atoms with Crippen LogP contribution in [0.4, 0.5) is 0 Å². The Bertz CT molecular complexity index is 153. The molecule has 1 heterocycles. The Labute approximate surface area is 87.4 Å². The second-order valence-corrected chi connectivity index (χ2v) is 4.86. The molecule has 0 radical (unpaired) electrons. The molecule has 0 aromatic carbocycles. The average Bonchev–Trinajstić information content (AvgIpc) is 2.19. The number of hydrogen-bond acceptors (Lipinski definition) is 3. The van der Waals surface area contributed by atoms with Crippen molar-refractivity contribution in [3.05, 3.63) is 0 Å². The van der Waals surface area contributed by atoms with Gasteiger partial charge < -0.3 is 15.8 Å². The minimum Gasteiger partial charge on any atom is -0.381 e. The van der Waals surface area contributed by atoms with E-state index in [4.69, 9.17) is 10.5 Å². The van der Waals surface area contributed by atoms with Crippen LogP contribution in [0.15, 0.2) is 0 Å². The van der Waals surface area contributed by atoms with Gasteiger partial charge >= 0.3 is 0 Å². The van der Waals surface area contributed by atoms with Crippen LogP contribution in [0.1, 0.15) is 33.1 Å². The third-order valence-electron chi connectivity index (χ3n) is 3.01. The predicted octanol–water partition coefficient (Wildman–Crippen LogP) is 1.13. The number of nitrogens with two attached hydrogens (primary N) is 1. The molecule has 1 aliphatic heterocycles. The van der Waals surface area contributed by atoms with Crippen molar-refractivity contribution in [2.24, 2.45) is 11.7 Å². The number of hydrogen-bond donors (Lipinski definition) is 2. The smallest absolute Gasteiger partial charge is 0.0468 e. The van der Waals surface area contributed by atoms with Crippen LogP contribution in [0.2, 0.25) is 0 Å². The highest BCUT2D eigenvalue weighted by Crippen LogP contribution is 2.17. The minimum absolute atomic E-state index is 0.0885. The summed E-state index contributed by atoms with van der Waals surface area (Å²) in [4.78, 5) is 0. The number of nitrogens with one attached hydrogen (secondary N) is 1. The first-order valence-corrected chi connectivity index (χ1v) is 5.67. The molecule has 0 aromatic rings. The molecule has 3 nitrogen and oxygen atoms in total. The molecular formula is C11H24N2O. The van der Waals surface area contributed by atoms with Crippen molar-refractivity contribution < 1.29 is 4.74 Å². The van der Waals surface area contributed by atoms with Gasteiger partial charge in [0.1, 0.15) is 0 Å². The molecule has 0 amide bonds. The standard InChI is InChI=1S/C11H24N2O/c1-11(2,9-12)13-6-3-10-4-7-14-8-5-10/h10,13H,3-9,12H2,1-2H3. The van der Waals surface area contributed by atoms with Crippen molar-refractivity contribution in [3.63, 3.8) is 0 Å². The van der Waals surface area contributed by atoms with Gasteiger partial charge in [0.2, 0.25) is 0 Å². The van der Waals surface area contributed by atoms with Crippen LogP contribution in [-0.2, 0) is 4.74 Å². The monoisotopic (exact) mass is 200 g/mol. The molecule has 1 saturated heterocycles. The summed E-state index contributed by atoms with van der Waals surface area (Å²) in [6, 6.07) is 0. The van der Waals surface area contributed by atoms with Crippen molar-refractivity contribution in [3.8, 4) is 0 Å². The van der Waals surface area contributed by atoms with Crippen LogP contribution in [0.25, 0.3) is 0 Å². The molecule has 0 aromatic heterocycles. The van der Waals surface area contributed by atoms with Gasteiger partial charge in [-0.05, 0) is 45.6 Å². The van der Waals surface area contributed by atoms with Gasteiger partial charge in [0.05, 0.1) is 0 Å². The largest absolute Gasteiger partial charge is 0.381 e. The molecule has 0 atom stereocenters. The van der Waals surface area contributed by atoms with Crippen molar-refractivity contribution in [1.82, 2.24) is 5.32 Å². The second-order valence-electron chi connectivity index (χ2n) is 4.86. The maximum Gasteiger partial charge on any atom is 0.0468 e. The third kappa shape index (κ3) is 4.40. The quantitative estimate of drug-likeness (QED) is 0.699. The van der Waals surface area contributed by atoms with Crippen LogP contribution in [0, 0.1) is 5.92 Å². The van der Waals surface area contributed by atoms with Gasteiger partial charge in [-0.1, -0.05) is 0 Å². The van der Waals surface area contributed by atoms with E-state index in [1.165, 1.54) is 19.3 Å². The maximum absolute atomic E-state index is 5.64. The van der Waals surface area contributed by atoms with Gasteiger partial charge in [0.15, 0.2) is 0 Å². The minimum atomic E-state index is 0.0885. The first-order chi connectivity index (χ1) is 6.64. The Morgan fingerprint density at radius 3 is 2.57 bits per heavy atom. The Morgan fingerprint density at radius 2 is 2.00 bits per heavy atom. The van der Waals surface area contributed by atoms with E-state index in [1.54, 1.807) is 0 Å². The molecule has 1 fully saturated rings. The zero-order chi connectivity index (χ0) is 10.4. The van der Waals surface area contributed by atoms with Crippen molar-refractivity contribution in [2.45, 2.75) is 38.6 Å². The van der Waals surface area contributed by atoms with E-state index in [1.807, 2.05) is 0 Å². The topological polar surface area (TPSA) is 47.3 Å². The highest BCUT2D eigenvalue weighted by Gasteiger charge is 2.17. The number of ether oxygens (including phenoxy) is 1. The summed E-state index contributed by atoms with van der Waals surface area (Å²) >= 11 is 0. The molecular weight excluding hydrogens is 176 g/mol. The fourth-order valence-electron chi connectivity index (χ4n) is 1.72. The molecule has 0 aliphatic carbocycles. The van der Waals surface area contributed by atoms with Crippen LogP contribution < -0.4 is 11.1 Å². The van der Waals surface area contributed by atoms with E-state index in [0.29, 0.717) is 6.54 Å². The fraction of sp³-hybridized carbons (Fsp3) is 1.00. The molecule has 1 rings (SSSR count). The molecule has 3 heteroatoms. The molecule has 14 heavy (non-hydrogen) atoms. The summed E-state index contributed by atoms with van der Waals surface area (Å²) in [5, 5.41) is 3.49. The van der Waals surface area contributed by atoms with Gasteiger partial charge in [-0.15, -0.1) is 0 Å². The lowest BCUT2D eigenvalue weighted by molar-refractivity contribution is 0.0634. The van der Waals surface area contributed by atoms with Crippen molar-refractivity contribution >= 4 is 0 Å². The van der Waals surface area contributed by atoms with Crippen molar-refractivity contribution in [2.75, 3.05) is 26.3 Å². The number of rotatable bonds is 5. The first-order valence-electron chi connectivity index (χ1n) is 5.67. The fourth-order valence-corrected chi connectivity index (χ4v) is 1.72. The SMILES string of the molecule is CC(C)(CN)NCCC1CCOCC1. The summed E-state index contributed by atoms with van der Waals surface area (Å²) in [5.74, 6) is 0.852. The average molecular weight is 200 g/mol. The summed E-state index contributed by atoms with van der Waals surface area (Å²) in [7, 11) is 0. The Hall–Kier alpha value is -0.120. The van der Waals surface area contributed by atoms with Crippen LogP contribution in [0.5, 0.6) is 0 Å². The van der Waals surface area contributed by atoms with Crippen LogP contribution in [0.3, 0.4) is 0 Å². The first kappa shape index (κ1) is 12.0. The molecule has 0 unspecified atom stereocenters. The van der Waals surface area contributed by atoms with E-state index in [-0.39, 0.29) is 5.54 Å². The highest BCUT2D eigenvalue weighted by atomic mass is 16.5. The molecule has 0 spiro atoms. The highest BCUT2D eigenvalue weighted by molar-refractivity contribution is 4.78. The van der Waals surface area contributed by atoms with Gasteiger partial charge in [-0.3, -0.25) is 0 Å². The predicted molar refractivity (Wildman–Crippen MR) is 59.3 cm³/mol. The van der Waals surface area contributed by atoms with E-state index >= 15 is 0 Å². The lowest BCUT2D eigenvalue weighted by atomic mass is 9.96. The summed E-state index contributed by atoms with van der Waals surface area (Å²) < 4.78 is 5.33. The molecule has 0 bridgehead atoms. The van der Waals surface area contributed by atoms with Gasteiger partial charge in [-0.2, -0.15) is 0 Å². The van der Waals surface area contributed by atoms with Crippen molar-refractivity contribution in [1.29, 1.82) is 0 Å². The van der Waals surface area contributed by atoms with E-state index in [9.17, 15) is 0 Å². The lowest BCUT2D eigenvalue weighted by Gasteiger charge is -2.27. The summed E-state index contributed by atoms with van der Waals surface area (Å²) in [5.41, 5.74) is 5.73. The van der Waals surface area contributed by atoms with E-state index in [0.717, 1.165) is 25.7 Å². The van der Waals surface area contributed by atoms with Crippen LogP contribution in [-0.4, -0.2) is 31.8 Å². The Morgan fingerprint density at radius 1 is 1.36 bits per heavy atom. The summed E-state index contributed by atoms with van der Waals surface area (Å²) in [6.45, 7) is 7.97. The normalized spacial score (nSPS) is 19.9. The Kier molecular flexibility index (Phi) is 4.85. The van der Waals surface area contributed by atoms with Gasteiger partial charge in [0, 0.05) is 25.3 Å². The third-order valence-corrected chi connectivity index (χ3v) is 3.01. The van der Waals surface area contributed by atoms with Gasteiger partial charge in [0.25, 0.3) is 0 Å². The van der Waals surface area contributed by atoms with E-state index in [2.05, 4.69) is 19.2 Å². The lowest BCUT2D eigenvalue weighted by Crippen LogP contribution is -2.46. The molecule has 0 saturated carbocycles. The van der Waals surface area contributed by atoms with Gasteiger partial charge in [-0.25, -0.2) is 0 Å². The Balaban J connectivity index is 2.08. The zero-order valence-corrected chi connectivity index (χ0v) is 9.51. The van der Waals surface area contributed by atoms with Crippen LogP contribution >= 0.6 is 0 Å². The summed E-state index contributed by atoms with van der Waals surface area (Å²) in [6.07, 6.45) is 3.71. The zero-order valence-electron chi connectivity index (χ0n) is 9.51. The van der Waals surface area contributed by atoms with E-state index < -0.39 is 0 Å². The molecule has 84 valence electrons.